The lowest BCUT2D eigenvalue weighted by molar-refractivity contribution is 0.632. The zero-order valence-corrected chi connectivity index (χ0v) is 10.3. The molecule has 0 unspecified atom stereocenters. The number of fused-ring (bicyclic) bond motifs is 1. The van der Waals surface area contributed by atoms with Gasteiger partial charge in [-0.05, 0) is 15.9 Å². The molecule has 3 heterocycles. The normalized spacial score (nSPS) is 14.8. The van der Waals surface area contributed by atoms with E-state index in [4.69, 9.17) is 0 Å². The monoisotopic (exact) mass is 294 g/mol. The summed E-state index contributed by atoms with van der Waals surface area (Å²) in [6.07, 6.45) is 8.44. The lowest BCUT2D eigenvalue weighted by Gasteiger charge is -2.18. The van der Waals surface area contributed by atoms with Crippen LogP contribution in [0.5, 0.6) is 0 Å². The second-order valence-corrected chi connectivity index (χ2v) is 4.45. The third kappa shape index (κ3) is 1.64. The fourth-order valence-electron chi connectivity index (χ4n) is 1.80. The summed E-state index contributed by atoms with van der Waals surface area (Å²) in [5.74, 6) is -0.304. The van der Waals surface area contributed by atoms with Crippen LogP contribution < -0.4 is 4.90 Å². The third-order valence-corrected chi connectivity index (χ3v) is 3.15. The Balaban J connectivity index is 2.20. The molecule has 0 bridgehead atoms. The fourth-order valence-corrected chi connectivity index (χ4v) is 2.10. The summed E-state index contributed by atoms with van der Waals surface area (Å²) in [5, 5.41) is 0.485. The number of halogens is 2. The summed E-state index contributed by atoms with van der Waals surface area (Å²) < 4.78 is 14.4. The Morgan fingerprint density at radius 1 is 1.47 bits per heavy atom. The molecular weight excluding hydrogens is 287 g/mol. The number of nitrogens with zero attached hydrogens (tertiary/aromatic N) is 3. The number of aliphatic imine (C=N–C) groups is 1. The lowest BCUT2D eigenvalue weighted by atomic mass is 10.2. The van der Waals surface area contributed by atoms with E-state index in [9.17, 15) is 4.39 Å². The van der Waals surface area contributed by atoms with Crippen LogP contribution in [0.2, 0.25) is 0 Å². The highest BCUT2D eigenvalue weighted by atomic mass is 79.9. The van der Waals surface area contributed by atoms with Crippen molar-refractivity contribution in [2.75, 3.05) is 11.4 Å². The summed E-state index contributed by atoms with van der Waals surface area (Å²) in [5.41, 5.74) is 1.30. The Hall–Kier alpha value is -1.69. The van der Waals surface area contributed by atoms with Crippen LogP contribution >= 0.6 is 15.9 Å². The minimum atomic E-state index is -0.304. The minimum Gasteiger partial charge on any atom is -0.344 e. The van der Waals surface area contributed by atoms with E-state index in [1.165, 1.54) is 6.20 Å². The van der Waals surface area contributed by atoms with Gasteiger partial charge in [-0.2, -0.15) is 0 Å². The number of aromatic amines is 1. The molecular formula is C11H8BrFN4. The summed E-state index contributed by atoms with van der Waals surface area (Å²) in [6.45, 7) is 0.620. The predicted octanol–water partition coefficient (Wildman–Crippen LogP) is 2.83. The molecule has 0 spiro atoms. The smallest absolute Gasteiger partial charge is 0.152 e. The largest absolute Gasteiger partial charge is 0.344 e. The number of nitrogens with one attached hydrogen (secondary N) is 1. The van der Waals surface area contributed by atoms with E-state index in [1.54, 1.807) is 18.6 Å². The lowest BCUT2D eigenvalue weighted by Crippen LogP contribution is -2.20. The number of anilines is 1. The van der Waals surface area contributed by atoms with Gasteiger partial charge in [0.2, 0.25) is 0 Å². The first kappa shape index (κ1) is 10.5. The maximum Gasteiger partial charge on any atom is 0.152 e. The molecule has 0 atom stereocenters. The van der Waals surface area contributed by atoms with Crippen LogP contribution in [0.4, 0.5) is 10.1 Å². The fraction of sp³-hybridized carbons (Fsp3) is 0.0909. The van der Waals surface area contributed by atoms with Crippen molar-refractivity contribution in [3.05, 3.63) is 35.1 Å². The first-order valence-electron chi connectivity index (χ1n) is 5.03. The third-order valence-electron chi connectivity index (χ3n) is 2.60. The van der Waals surface area contributed by atoms with Gasteiger partial charge < -0.3 is 9.88 Å². The van der Waals surface area contributed by atoms with Gasteiger partial charge in [-0.25, -0.2) is 9.37 Å². The molecule has 1 aliphatic heterocycles. The Morgan fingerprint density at radius 2 is 2.35 bits per heavy atom. The molecule has 2 aromatic rings. The van der Waals surface area contributed by atoms with Gasteiger partial charge in [-0.3, -0.25) is 4.99 Å². The second kappa shape index (κ2) is 3.96. The van der Waals surface area contributed by atoms with E-state index in [1.807, 2.05) is 11.1 Å². The molecule has 0 radical (unpaired) electrons. The van der Waals surface area contributed by atoms with Gasteiger partial charge in [0, 0.05) is 31.0 Å². The molecule has 0 aromatic carbocycles. The highest BCUT2D eigenvalue weighted by Crippen LogP contribution is 2.31. The van der Waals surface area contributed by atoms with Gasteiger partial charge in [0.1, 0.15) is 5.65 Å². The van der Waals surface area contributed by atoms with Crippen molar-refractivity contribution in [3.63, 3.8) is 0 Å². The summed E-state index contributed by atoms with van der Waals surface area (Å²) in [7, 11) is 0. The molecule has 0 fully saturated rings. The Labute approximate surface area is 105 Å². The SMILES string of the molecule is Fc1c(Br)cnc2[nH]cc(N3C=CN=CC3)c12. The highest BCUT2D eigenvalue weighted by molar-refractivity contribution is 9.10. The minimum absolute atomic E-state index is 0.304. The van der Waals surface area contributed by atoms with Gasteiger partial charge >= 0.3 is 0 Å². The van der Waals surface area contributed by atoms with Crippen LogP contribution in [0, 0.1) is 5.82 Å². The van der Waals surface area contributed by atoms with Crippen molar-refractivity contribution in [1.82, 2.24) is 9.97 Å². The van der Waals surface area contributed by atoms with E-state index < -0.39 is 0 Å². The topological polar surface area (TPSA) is 44.3 Å². The molecule has 2 aromatic heterocycles. The molecule has 0 saturated carbocycles. The average molecular weight is 295 g/mol. The molecule has 86 valence electrons. The zero-order chi connectivity index (χ0) is 11.8. The first-order valence-corrected chi connectivity index (χ1v) is 5.82. The maximum absolute atomic E-state index is 14.1. The summed E-state index contributed by atoms with van der Waals surface area (Å²) in [6, 6.07) is 0. The molecule has 6 heteroatoms. The molecule has 3 rings (SSSR count). The van der Waals surface area contributed by atoms with E-state index >= 15 is 0 Å². The standard InChI is InChI=1S/C11H8BrFN4/c12-7-5-15-11-9(10(7)13)8(6-16-11)17-3-1-14-2-4-17/h1-3,5-6H,4H2,(H,15,16). The zero-order valence-electron chi connectivity index (χ0n) is 8.69. The number of H-pyrrole nitrogens is 1. The van der Waals surface area contributed by atoms with E-state index in [2.05, 4.69) is 30.9 Å². The van der Waals surface area contributed by atoms with Crippen molar-refractivity contribution in [3.8, 4) is 0 Å². The molecule has 17 heavy (non-hydrogen) atoms. The van der Waals surface area contributed by atoms with E-state index in [-0.39, 0.29) is 5.82 Å². The second-order valence-electron chi connectivity index (χ2n) is 3.60. The van der Waals surface area contributed by atoms with Crippen LogP contribution in [-0.4, -0.2) is 22.7 Å². The molecule has 0 aliphatic carbocycles. The molecule has 1 aliphatic rings. The number of rotatable bonds is 1. The maximum atomic E-state index is 14.1. The van der Waals surface area contributed by atoms with Gasteiger partial charge in [-0.15, -0.1) is 0 Å². The quantitative estimate of drug-likeness (QED) is 0.879. The Bertz CT molecular complexity index is 632. The van der Waals surface area contributed by atoms with Crippen LogP contribution in [0.25, 0.3) is 11.0 Å². The molecule has 1 N–H and O–H groups in total. The van der Waals surface area contributed by atoms with Crippen LogP contribution in [-0.2, 0) is 0 Å². The molecule has 0 amide bonds. The van der Waals surface area contributed by atoms with Crippen molar-refractivity contribution in [2.45, 2.75) is 0 Å². The molecule has 0 saturated heterocycles. The van der Waals surface area contributed by atoms with Gasteiger partial charge in [0.05, 0.1) is 22.1 Å². The summed E-state index contributed by atoms with van der Waals surface area (Å²) >= 11 is 3.14. The van der Waals surface area contributed by atoms with Crippen molar-refractivity contribution >= 4 is 38.9 Å². The van der Waals surface area contributed by atoms with E-state index in [0.29, 0.717) is 22.1 Å². The van der Waals surface area contributed by atoms with Crippen molar-refractivity contribution < 1.29 is 4.39 Å². The van der Waals surface area contributed by atoms with Gasteiger partial charge in [0.25, 0.3) is 0 Å². The molecule has 4 nitrogen and oxygen atoms in total. The van der Waals surface area contributed by atoms with Crippen molar-refractivity contribution in [2.24, 2.45) is 4.99 Å². The average Bonchev–Trinajstić information content (AvgIpc) is 2.79. The number of aromatic nitrogens is 2. The van der Waals surface area contributed by atoms with Gasteiger partial charge in [-0.1, -0.05) is 0 Å². The van der Waals surface area contributed by atoms with Crippen molar-refractivity contribution in [1.29, 1.82) is 0 Å². The van der Waals surface area contributed by atoms with Crippen LogP contribution in [0.15, 0.2) is 34.3 Å². The first-order chi connectivity index (χ1) is 8.27. The predicted molar refractivity (Wildman–Crippen MR) is 68.7 cm³/mol. The Morgan fingerprint density at radius 3 is 3.12 bits per heavy atom. The van der Waals surface area contributed by atoms with Gasteiger partial charge in [0.15, 0.2) is 5.82 Å². The van der Waals surface area contributed by atoms with Crippen LogP contribution in [0.3, 0.4) is 0 Å². The van der Waals surface area contributed by atoms with Crippen LogP contribution in [0.1, 0.15) is 0 Å². The Kier molecular flexibility index (Phi) is 2.44. The number of hydrogen-bond acceptors (Lipinski definition) is 3. The highest BCUT2D eigenvalue weighted by Gasteiger charge is 2.16. The summed E-state index contributed by atoms with van der Waals surface area (Å²) in [4.78, 5) is 13.0. The number of pyridine rings is 1. The number of hydrogen-bond donors (Lipinski definition) is 1. The van der Waals surface area contributed by atoms with E-state index in [0.717, 1.165) is 5.69 Å².